The summed E-state index contributed by atoms with van der Waals surface area (Å²) in [6, 6.07) is -0.638. The summed E-state index contributed by atoms with van der Waals surface area (Å²) in [4.78, 5) is 19.0. The van der Waals surface area contributed by atoms with Crippen LogP contribution in [0.25, 0.3) is 0 Å². The van der Waals surface area contributed by atoms with E-state index in [-0.39, 0.29) is 5.69 Å². The lowest BCUT2D eigenvalue weighted by Crippen LogP contribution is -2.28. The van der Waals surface area contributed by atoms with Crippen molar-refractivity contribution in [1.29, 1.82) is 0 Å². The van der Waals surface area contributed by atoms with Crippen molar-refractivity contribution >= 4 is 11.7 Å². The Morgan fingerprint density at radius 3 is 2.86 bits per heavy atom. The fourth-order valence-corrected chi connectivity index (χ4v) is 0.922. The molecule has 0 radical (unpaired) electrons. The smallest absolute Gasteiger partial charge is 0.303 e. The fraction of sp³-hybridized carbons (Fsp3) is 0.250. The number of anilines is 1. The van der Waals surface area contributed by atoms with Crippen LogP contribution >= 0.6 is 0 Å². The van der Waals surface area contributed by atoms with Crippen LogP contribution in [0.3, 0.4) is 0 Å². The van der Waals surface area contributed by atoms with Crippen LogP contribution in [0, 0.1) is 12.7 Å². The Bertz CT molecular complexity index is 323. The maximum atomic E-state index is 13.1. The minimum absolute atomic E-state index is 0.0922. The van der Waals surface area contributed by atoms with Gasteiger partial charge in [-0.3, -0.25) is 9.82 Å². The molecule has 1 aromatic heterocycles. The number of pyridine rings is 1. The Morgan fingerprint density at radius 1 is 1.57 bits per heavy atom. The predicted molar refractivity (Wildman–Crippen MR) is 48.1 cm³/mol. The number of hydrogen-bond donors (Lipinski definition) is 2. The number of nitrogens with one attached hydrogen (secondary N) is 2. The number of halogens is 1. The van der Waals surface area contributed by atoms with Gasteiger partial charge in [-0.2, -0.15) is 0 Å². The monoisotopic (exact) mass is 199 g/mol. The maximum Gasteiger partial charge on any atom is 0.343 e. The molecule has 5 nitrogen and oxygen atoms in total. The highest BCUT2D eigenvalue weighted by Crippen LogP contribution is 2.16. The van der Waals surface area contributed by atoms with Gasteiger partial charge in [-0.15, -0.1) is 0 Å². The number of hydroxylamine groups is 1. The zero-order valence-electron chi connectivity index (χ0n) is 7.80. The number of carbonyl (C=O) groups excluding carboxylic acids is 1. The van der Waals surface area contributed by atoms with E-state index in [4.69, 9.17) is 0 Å². The molecule has 0 saturated carbocycles. The second-order valence-corrected chi connectivity index (χ2v) is 2.57. The summed E-state index contributed by atoms with van der Waals surface area (Å²) in [6.45, 7) is 1.64. The molecule has 0 aliphatic heterocycles. The van der Waals surface area contributed by atoms with Gasteiger partial charge in [0.2, 0.25) is 0 Å². The van der Waals surface area contributed by atoms with E-state index >= 15 is 0 Å². The van der Waals surface area contributed by atoms with Crippen molar-refractivity contribution in [1.82, 2.24) is 10.5 Å². The van der Waals surface area contributed by atoms with Crippen LogP contribution < -0.4 is 10.8 Å². The lowest BCUT2D eigenvalue weighted by Gasteiger charge is -2.08. The highest BCUT2D eigenvalue weighted by molar-refractivity contribution is 5.89. The minimum Gasteiger partial charge on any atom is -0.303 e. The van der Waals surface area contributed by atoms with Crippen LogP contribution in [0.5, 0.6) is 0 Å². The molecule has 0 spiro atoms. The molecule has 0 bridgehead atoms. The molecule has 1 rings (SSSR count). The summed E-state index contributed by atoms with van der Waals surface area (Å²) < 4.78 is 13.1. The van der Waals surface area contributed by atoms with Gasteiger partial charge in [0.25, 0.3) is 0 Å². The Kier molecular flexibility index (Phi) is 3.35. The van der Waals surface area contributed by atoms with Crippen LogP contribution in [0.4, 0.5) is 14.9 Å². The van der Waals surface area contributed by atoms with Gasteiger partial charge in [0, 0.05) is 6.20 Å². The lowest BCUT2D eigenvalue weighted by molar-refractivity contribution is 0.114. The van der Waals surface area contributed by atoms with Crippen molar-refractivity contribution < 1.29 is 14.0 Å². The lowest BCUT2D eigenvalue weighted by atomic mass is 10.2. The quantitative estimate of drug-likeness (QED) is 0.704. The number of carbonyl (C=O) groups is 1. The number of aryl methyl sites for hydroxylation is 1. The first-order valence-corrected chi connectivity index (χ1v) is 3.85. The molecule has 0 saturated heterocycles. The topological polar surface area (TPSA) is 63.2 Å². The van der Waals surface area contributed by atoms with Crippen molar-refractivity contribution in [2.45, 2.75) is 6.92 Å². The maximum absolute atomic E-state index is 13.1. The first-order chi connectivity index (χ1) is 6.65. The third kappa shape index (κ3) is 2.40. The first kappa shape index (κ1) is 10.4. The molecule has 14 heavy (non-hydrogen) atoms. The summed E-state index contributed by atoms with van der Waals surface area (Å²) in [5.41, 5.74) is 2.64. The van der Waals surface area contributed by atoms with Crippen LogP contribution in [-0.4, -0.2) is 18.1 Å². The van der Waals surface area contributed by atoms with E-state index in [0.29, 0.717) is 5.56 Å². The Labute approximate surface area is 80.2 Å². The zero-order valence-corrected chi connectivity index (χ0v) is 7.80. The van der Waals surface area contributed by atoms with Crippen molar-refractivity contribution in [3.05, 3.63) is 23.8 Å². The molecule has 2 N–H and O–H groups in total. The molecule has 0 unspecified atom stereocenters. The molecule has 2 amide bonds. The normalized spacial score (nSPS) is 9.64. The standard InChI is InChI=1S/C8H10FN3O2/c1-5-3-10-4-6(9)7(5)11-8(13)12-14-2/h3-4H,1-2H3,(H2,10,11,12,13). The van der Waals surface area contributed by atoms with Gasteiger partial charge in [-0.25, -0.2) is 14.7 Å². The molecule has 6 heteroatoms. The van der Waals surface area contributed by atoms with Crippen molar-refractivity contribution in [3.8, 4) is 0 Å². The number of urea groups is 1. The van der Waals surface area contributed by atoms with Gasteiger partial charge in [0.05, 0.1) is 19.0 Å². The van der Waals surface area contributed by atoms with E-state index in [2.05, 4.69) is 15.1 Å². The number of amides is 2. The van der Waals surface area contributed by atoms with Gasteiger partial charge in [-0.05, 0) is 12.5 Å². The molecular weight excluding hydrogens is 189 g/mol. The van der Waals surface area contributed by atoms with Gasteiger partial charge in [-0.1, -0.05) is 0 Å². The number of rotatable bonds is 2. The Balaban J connectivity index is 2.80. The average molecular weight is 199 g/mol. The largest absolute Gasteiger partial charge is 0.343 e. The first-order valence-electron chi connectivity index (χ1n) is 3.85. The molecule has 0 aliphatic rings. The van der Waals surface area contributed by atoms with Crippen LogP contribution in [-0.2, 0) is 4.84 Å². The summed E-state index contributed by atoms with van der Waals surface area (Å²) in [6.07, 6.45) is 2.47. The van der Waals surface area contributed by atoms with Crippen molar-refractivity contribution in [2.24, 2.45) is 0 Å². The molecular formula is C8H10FN3O2. The molecule has 0 atom stereocenters. The number of hydrogen-bond acceptors (Lipinski definition) is 3. The minimum atomic E-state index is -0.638. The predicted octanol–water partition coefficient (Wildman–Crippen LogP) is 1.21. The van der Waals surface area contributed by atoms with Crippen molar-refractivity contribution in [2.75, 3.05) is 12.4 Å². The zero-order chi connectivity index (χ0) is 10.6. The highest BCUT2D eigenvalue weighted by atomic mass is 19.1. The average Bonchev–Trinajstić information content (AvgIpc) is 2.12. The Hall–Kier alpha value is -1.69. The summed E-state index contributed by atoms with van der Waals surface area (Å²) in [5.74, 6) is -0.587. The summed E-state index contributed by atoms with van der Waals surface area (Å²) >= 11 is 0. The molecule has 0 fully saturated rings. The van der Waals surface area contributed by atoms with E-state index in [1.807, 2.05) is 5.48 Å². The van der Waals surface area contributed by atoms with Crippen LogP contribution in [0.15, 0.2) is 12.4 Å². The highest BCUT2D eigenvalue weighted by Gasteiger charge is 2.08. The number of nitrogens with zero attached hydrogens (tertiary/aromatic N) is 1. The fourth-order valence-electron chi connectivity index (χ4n) is 0.922. The van der Waals surface area contributed by atoms with Crippen LogP contribution in [0.2, 0.25) is 0 Å². The Morgan fingerprint density at radius 2 is 2.29 bits per heavy atom. The second kappa shape index (κ2) is 4.52. The van der Waals surface area contributed by atoms with Crippen LogP contribution in [0.1, 0.15) is 5.56 Å². The number of aromatic nitrogens is 1. The van der Waals surface area contributed by atoms with Crippen molar-refractivity contribution in [3.63, 3.8) is 0 Å². The van der Waals surface area contributed by atoms with Gasteiger partial charge in [0.1, 0.15) is 0 Å². The SMILES string of the molecule is CONC(=O)Nc1c(C)cncc1F. The van der Waals surface area contributed by atoms with E-state index < -0.39 is 11.8 Å². The van der Waals surface area contributed by atoms with Gasteiger partial charge in [0.15, 0.2) is 5.82 Å². The molecule has 0 aromatic carbocycles. The van der Waals surface area contributed by atoms with Gasteiger partial charge < -0.3 is 5.32 Å². The molecule has 1 heterocycles. The molecule has 0 aliphatic carbocycles. The van der Waals surface area contributed by atoms with E-state index in [1.54, 1.807) is 6.92 Å². The van der Waals surface area contributed by atoms with E-state index in [0.717, 1.165) is 6.20 Å². The van der Waals surface area contributed by atoms with E-state index in [1.165, 1.54) is 13.3 Å². The van der Waals surface area contributed by atoms with Gasteiger partial charge >= 0.3 is 6.03 Å². The second-order valence-electron chi connectivity index (χ2n) is 2.57. The molecule has 76 valence electrons. The summed E-state index contributed by atoms with van der Waals surface area (Å²) in [7, 11) is 1.29. The molecule has 1 aromatic rings. The summed E-state index contributed by atoms with van der Waals surface area (Å²) in [5, 5.41) is 2.29. The third-order valence-corrected chi connectivity index (χ3v) is 1.52. The third-order valence-electron chi connectivity index (χ3n) is 1.52. The van der Waals surface area contributed by atoms with E-state index in [9.17, 15) is 9.18 Å².